The third-order valence-electron chi connectivity index (χ3n) is 4.37. The monoisotopic (exact) mass is 372 g/mol. The average Bonchev–Trinajstić information content (AvgIpc) is 3.03. The molecule has 1 atom stereocenters. The first-order valence-electron chi connectivity index (χ1n) is 8.32. The van der Waals surface area contributed by atoms with E-state index < -0.39 is 0 Å². The number of thioether (sulfide) groups is 1. The number of hydrogen-bond donors (Lipinski definition) is 0. The fourth-order valence-electron chi connectivity index (χ4n) is 3.18. The highest BCUT2D eigenvalue weighted by Gasteiger charge is 2.29. The molecule has 1 aliphatic carbocycles. The van der Waals surface area contributed by atoms with Crippen LogP contribution in [0.15, 0.2) is 35.6 Å². The minimum atomic E-state index is 0.0962. The summed E-state index contributed by atoms with van der Waals surface area (Å²) in [5.41, 5.74) is 2.63. The molecule has 4 rings (SSSR count). The molecule has 3 aromatic rings. The minimum Gasteiger partial charge on any atom is -0.294 e. The fraction of sp³-hybridized carbons (Fsp3) is 0.333. The van der Waals surface area contributed by atoms with Crippen molar-refractivity contribution in [2.24, 2.45) is 0 Å². The number of halogens is 1. The lowest BCUT2D eigenvalue weighted by Gasteiger charge is -2.24. The highest BCUT2D eigenvalue weighted by Crippen LogP contribution is 2.33. The number of benzene rings is 1. The third-order valence-corrected chi connectivity index (χ3v) is 5.65. The molecule has 7 heteroatoms. The molecule has 25 heavy (non-hydrogen) atoms. The number of carbonyl (C=O) groups excluding carboxylic acids is 1. The zero-order valence-electron chi connectivity index (χ0n) is 13.8. The maximum atomic E-state index is 12.6. The van der Waals surface area contributed by atoms with Crippen LogP contribution >= 0.6 is 23.4 Å². The molecule has 0 radical (unpaired) electrons. The van der Waals surface area contributed by atoms with Crippen molar-refractivity contribution >= 4 is 34.9 Å². The van der Waals surface area contributed by atoms with Crippen molar-refractivity contribution in [3.8, 4) is 0 Å². The largest absolute Gasteiger partial charge is 0.294 e. The van der Waals surface area contributed by atoms with Crippen molar-refractivity contribution in [2.45, 2.75) is 37.3 Å². The van der Waals surface area contributed by atoms with Crippen molar-refractivity contribution in [2.75, 3.05) is 5.75 Å². The van der Waals surface area contributed by atoms with Gasteiger partial charge in [0, 0.05) is 23.4 Å². The summed E-state index contributed by atoms with van der Waals surface area (Å²) in [5, 5.41) is 5.97. The van der Waals surface area contributed by atoms with E-state index in [9.17, 15) is 4.79 Å². The molecule has 1 aliphatic rings. The molecule has 128 valence electrons. The van der Waals surface area contributed by atoms with Gasteiger partial charge in [-0.1, -0.05) is 42.4 Å². The quantitative estimate of drug-likeness (QED) is 0.642. The third kappa shape index (κ3) is 3.16. The number of Topliss-reactive ketones (excluding diaryl/α,β-unsaturated/α-hetero) is 1. The topological polar surface area (TPSA) is 60.1 Å². The Morgan fingerprint density at radius 2 is 2.24 bits per heavy atom. The zero-order chi connectivity index (χ0) is 17.4. The molecule has 0 spiro atoms. The van der Waals surface area contributed by atoms with E-state index in [-0.39, 0.29) is 11.7 Å². The molecule has 1 aromatic carbocycles. The number of hydrogen-bond acceptors (Lipinski definition) is 5. The van der Waals surface area contributed by atoms with Gasteiger partial charge in [-0.2, -0.15) is 9.50 Å². The summed E-state index contributed by atoms with van der Waals surface area (Å²) in [5.74, 6) is 1.71. The summed E-state index contributed by atoms with van der Waals surface area (Å²) in [6, 6.07) is 7.74. The maximum Gasteiger partial charge on any atom is 0.253 e. The molecule has 2 aromatic heterocycles. The maximum absolute atomic E-state index is 12.6. The number of fused-ring (bicyclic) bond motifs is 3. The van der Waals surface area contributed by atoms with Crippen LogP contribution in [0.25, 0.3) is 5.78 Å². The van der Waals surface area contributed by atoms with Crippen LogP contribution in [0.1, 0.15) is 47.3 Å². The zero-order valence-corrected chi connectivity index (χ0v) is 15.3. The Balaban J connectivity index is 1.75. The standard InChI is InChI=1S/C18H17ClN4OS/c1-2-6-25-18-21-17-20-10-14-15(23(17)22-18)8-12(9-16(14)24)11-4-3-5-13(19)7-11/h3-5,7,10,12H,2,6,8-9H2,1H3. The van der Waals surface area contributed by atoms with E-state index in [0.29, 0.717) is 27.9 Å². The van der Waals surface area contributed by atoms with E-state index in [1.54, 1.807) is 22.5 Å². The normalized spacial score (nSPS) is 17.0. The Morgan fingerprint density at radius 3 is 3.04 bits per heavy atom. The summed E-state index contributed by atoms with van der Waals surface area (Å²) in [7, 11) is 0. The van der Waals surface area contributed by atoms with Crippen LogP contribution in [0, 0.1) is 0 Å². The first-order valence-corrected chi connectivity index (χ1v) is 9.68. The Hall–Kier alpha value is -1.92. The van der Waals surface area contributed by atoms with Crippen LogP contribution in [0.2, 0.25) is 5.02 Å². The summed E-state index contributed by atoms with van der Waals surface area (Å²) in [4.78, 5) is 21.4. The van der Waals surface area contributed by atoms with Gasteiger partial charge in [0.1, 0.15) is 0 Å². The second-order valence-corrected chi connectivity index (χ2v) is 7.66. The number of nitrogens with zero attached hydrogens (tertiary/aromatic N) is 4. The molecule has 0 amide bonds. The predicted octanol–water partition coefficient (Wildman–Crippen LogP) is 4.19. The molecule has 0 N–H and O–H groups in total. The second-order valence-electron chi connectivity index (χ2n) is 6.16. The van der Waals surface area contributed by atoms with Gasteiger partial charge in [-0.25, -0.2) is 4.98 Å². The van der Waals surface area contributed by atoms with Crippen LogP contribution in [0.3, 0.4) is 0 Å². The second kappa shape index (κ2) is 6.77. The van der Waals surface area contributed by atoms with Crippen LogP contribution < -0.4 is 0 Å². The minimum absolute atomic E-state index is 0.0962. The molecule has 2 heterocycles. The number of aromatic nitrogens is 4. The van der Waals surface area contributed by atoms with Gasteiger partial charge >= 0.3 is 0 Å². The van der Waals surface area contributed by atoms with Gasteiger partial charge in [0.15, 0.2) is 5.78 Å². The van der Waals surface area contributed by atoms with Crippen molar-refractivity contribution in [3.63, 3.8) is 0 Å². The lowest BCUT2D eigenvalue weighted by atomic mass is 9.82. The van der Waals surface area contributed by atoms with Gasteiger partial charge in [-0.15, -0.1) is 5.10 Å². The van der Waals surface area contributed by atoms with E-state index in [1.807, 2.05) is 24.3 Å². The lowest BCUT2D eigenvalue weighted by Crippen LogP contribution is -2.22. The van der Waals surface area contributed by atoms with Crippen molar-refractivity contribution < 1.29 is 4.79 Å². The van der Waals surface area contributed by atoms with Crippen LogP contribution in [0.5, 0.6) is 0 Å². The van der Waals surface area contributed by atoms with Crippen LogP contribution in [-0.2, 0) is 6.42 Å². The van der Waals surface area contributed by atoms with E-state index in [0.717, 1.165) is 29.9 Å². The van der Waals surface area contributed by atoms with Gasteiger partial charge in [0.2, 0.25) is 5.16 Å². The van der Waals surface area contributed by atoms with Crippen LogP contribution in [-0.4, -0.2) is 31.1 Å². The van der Waals surface area contributed by atoms with Gasteiger partial charge in [0.05, 0.1) is 11.3 Å². The van der Waals surface area contributed by atoms with Crippen LogP contribution in [0.4, 0.5) is 0 Å². The summed E-state index contributed by atoms with van der Waals surface area (Å²) in [6.07, 6.45) is 3.89. The van der Waals surface area contributed by atoms with Gasteiger partial charge < -0.3 is 0 Å². The average molecular weight is 373 g/mol. The summed E-state index contributed by atoms with van der Waals surface area (Å²) in [6.45, 7) is 2.12. The molecule has 0 bridgehead atoms. The Bertz CT molecular complexity index is 955. The van der Waals surface area contributed by atoms with Gasteiger partial charge in [0.25, 0.3) is 5.78 Å². The van der Waals surface area contributed by atoms with Crippen molar-refractivity contribution in [1.29, 1.82) is 0 Å². The smallest absolute Gasteiger partial charge is 0.253 e. The molecule has 1 unspecified atom stereocenters. The highest BCUT2D eigenvalue weighted by molar-refractivity contribution is 7.99. The summed E-state index contributed by atoms with van der Waals surface area (Å²) < 4.78 is 1.74. The lowest BCUT2D eigenvalue weighted by molar-refractivity contribution is 0.0962. The SMILES string of the molecule is CCCSc1nc2ncc3c(n2n1)CC(c1cccc(Cl)c1)CC3=O. The Kier molecular flexibility index (Phi) is 4.48. The van der Waals surface area contributed by atoms with E-state index >= 15 is 0 Å². The van der Waals surface area contributed by atoms with Crippen molar-refractivity contribution in [3.05, 3.63) is 52.3 Å². The van der Waals surface area contributed by atoms with E-state index in [4.69, 9.17) is 11.6 Å². The number of ketones is 1. The fourth-order valence-corrected chi connectivity index (χ4v) is 4.05. The predicted molar refractivity (Wildman–Crippen MR) is 98.6 cm³/mol. The van der Waals surface area contributed by atoms with E-state index in [2.05, 4.69) is 22.0 Å². The number of rotatable bonds is 4. The summed E-state index contributed by atoms with van der Waals surface area (Å²) >= 11 is 7.73. The highest BCUT2D eigenvalue weighted by atomic mass is 35.5. The molecule has 0 saturated carbocycles. The molecule has 0 fully saturated rings. The number of carbonyl (C=O) groups is 1. The van der Waals surface area contributed by atoms with E-state index in [1.165, 1.54) is 0 Å². The van der Waals surface area contributed by atoms with Gasteiger partial charge in [-0.3, -0.25) is 4.79 Å². The molecule has 5 nitrogen and oxygen atoms in total. The molecule has 0 saturated heterocycles. The molecular weight excluding hydrogens is 356 g/mol. The first-order chi connectivity index (χ1) is 12.2. The Morgan fingerprint density at radius 1 is 1.36 bits per heavy atom. The molecular formula is C18H17ClN4OS. The van der Waals surface area contributed by atoms with Gasteiger partial charge in [-0.05, 0) is 36.5 Å². The van der Waals surface area contributed by atoms with Crippen molar-refractivity contribution in [1.82, 2.24) is 19.6 Å². The Labute approximate surface area is 154 Å². The first kappa shape index (κ1) is 16.5. The molecule has 0 aliphatic heterocycles.